The van der Waals surface area contributed by atoms with Gasteiger partial charge in [0.05, 0.1) is 12.6 Å². The normalized spacial score (nSPS) is 19.7. The van der Waals surface area contributed by atoms with Gasteiger partial charge in [-0.25, -0.2) is 0 Å². The molecular formula is C13H15N3OS. The van der Waals surface area contributed by atoms with Crippen LogP contribution in [0.15, 0.2) is 30.3 Å². The first-order valence-corrected chi connectivity index (χ1v) is 6.92. The van der Waals surface area contributed by atoms with E-state index in [-0.39, 0.29) is 0 Å². The molecule has 1 atom stereocenters. The van der Waals surface area contributed by atoms with Crippen LogP contribution in [-0.2, 0) is 4.74 Å². The number of benzene rings is 1. The molecule has 3 rings (SSSR count). The second-order valence-corrected chi connectivity index (χ2v) is 5.10. The fraction of sp³-hybridized carbons (Fsp3) is 0.385. The van der Waals surface area contributed by atoms with E-state index >= 15 is 0 Å². The molecular weight excluding hydrogens is 246 g/mol. The van der Waals surface area contributed by atoms with Gasteiger partial charge in [-0.3, -0.25) is 0 Å². The average molecular weight is 261 g/mol. The molecule has 1 N–H and O–H groups in total. The Kier molecular flexibility index (Phi) is 3.52. The van der Waals surface area contributed by atoms with Crippen LogP contribution in [0.25, 0.3) is 11.4 Å². The molecule has 0 saturated carbocycles. The quantitative estimate of drug-likeness (QED) is 0.923. The lowest BCUT2D eigenvalue weighted by Gasteiger charge is -2.22. The maximum absolute atomic E-state index is 5.44. The summed E-state index contributed by atoms with van der Waals surface area (Å²) in [6.45, 7) is 1.64. The van der Waals surface area contributed by atoms with Gasteiger partial charge >= 0.3 is 0 Å². The van der Waals surface area contributed by atoms with Gasteiger partial charge in [0.25, 0.3) is 0 Å². The molecule has 0 aliphatic carbocycles. The summed E-state index contributed by atoms with van der Waals surface area (Å²) in [7, 11) is 0. The highest BCUT2D eigenvalue weighted by molar-refractivity contribution is 7.09. The highest BCUT2D eigenvalue weighted by Crippen LogP contribution is 2.22. The van der Waals surface area contributed by atoms with Crippen LogP contribution in [0, 0.1) is 0 Å². The molecule has 1 fully saturated rings. The molecule has 2 aromatic rings. The molecule has 0 amide bonds. The van der Waals surface area contributed by atoms with Crippen LogP contribution in [0.2, 0.25) is 0 Å². The Labute approximate surface area is 110 Å². The number of rotatable bonds is 3. The number of aromatic nitrogens is 2. The largest absolute Gasteiger partial charge is 0.379 e. The number of hydrogen-bond acceptors (Lipinski definition) is 5. The van der Waals surface area contributed by atoms with E-state index in [0.29, 0.717) is 6.04 Å². The maximum atomic E-state index is 5.44. The van der Waals surface area contributed by atoms with E-state index in [0.717, 1.165) is 42.6 Å². The van der Waals surface area contributed by atoms with Crippen molar-refractivity contribution in [3.05, 3.63) is 30.3 Å². The van der Waals surface area contributed by atoms with E-state index in [1.165, 1.54) is 11.5 Å². The van der Waals surface area contributed by atoms with Crippen LogP contribution in [-0.4, -0.2) is 28.6 Å². The van der Waals surface area contributed by atoms with Crippen molar-refractivity contribution in [1.82, 2.24) is 9.36 Å². The zero-order valence-electron chi connectivity index (χ0n) is 10.0. The predicted octanol–water partition coefficient (Wildman–Crippen LogP) is 2.80. The minimum Gasteiger partial charge on any atom is -0.379 e. The van der Waals surface area contributed by atoms with Crippen molar-refractivity contribution < 1.29 is 4.74 Å². The van der Waals surface area contributed by atoms with E-state index < -0.39 is 0 Å². The Morgan fingerprint density at radius 2 is 2.17 bits per heavy atom. The van der Waals surface area contributed by atoms with Gasteiger partial charge in [0.2, 0.25) is 5.13 Å². The van der Waals surface area contributed by atoms with Crippen LogP contribution in [0.5, 0.6) is 0 Å². The molecule has 2 heterocycles. The molecule has 1 aliphatic heterocycles. The smallest absolute Gasteiger partial charge is 0.203 e. The van der Waals surface area contributed by atoms with Crippen molar-refractivity contribution in [2.45, 2.75) is 18.9 Å². The predicted molar refractivity (Wildman–Crippen MR) is 72.8 cm³/mol. The topological polar surface area (TPSA) is 47.0 Å². The van der Waals surface area contributed by atoms with Crippen molar-refractivity contribution in [3.63, 3.8) is 0 Å². The van der Waals surface area contributed by atoms with Gasteiger partial charge in [0.1, 0.15) is 0 Å². The second kappa shape index (κ2) is 5.46. The molecule has 1 aliphatic rings. The molecule has 0 spiro atoms. The minimum atomic E-state index is 0.371. The summed E-state index contributed by atoms with van der Waals surface area (Å²) in [6, 6.07) is 10.4. The van der Waals surface area contributed by atoms with Gasteiger partial charge in [-0.1, -0.05) is 30.3 Å². The van der Waals surface area contributed by atoms with Gasteiger partial charge in [-0.05, 0) is 12.8 Å². The highest BCUT2D eigenvalue weighted by Gasteiger charge is 2.15. The second-order valence-electron chi connectivity index (χ2n) is 4.35. The van der Waals surface area contributed by atoms with Gasteiger partial charge in [0, 0.05) is 23.7 Å². The van der Waals surface area contributed by atoms with E-state index in [1.54, 1.807) is 0 Å². The highest BCUT2D eigenvalue weighted by atomic mass is 32.1. The Balaban J connectivity index is 1.69. The van der Waals surface area contributed by atoms with Crippen molar-refractivity contribution in [2.24, 2.45) is 0 Å². The van der Waals surface area contributed by atoms with Crippen LogP contribution >= 0.6 is 11.5 Å². The summed E-state index contributed by atoms with van der Waals surface area (Å²) in [5.41, 5.74) is 1.06. The molecule has 5 heteroatoms. The number of nitrogens with zero attached hydrogens (tertiary/aromatic N) is 2. The van der Waals surface area contributed by atoms with Gasteiger partial charge in [0.15, 0.2) is 5.82 Å². The third kappa shape index (κ3) is 2.68. The van der Waals surface area contributed by atoms with Gasteiger partial charge in [-0.15, -0.1) is 0 Å². The molecule has 94 valence electrons. The zero-order chi connectivity index (χ0) is 12.2. The van der Waals surface area contributed by atoms with E-state index in [9.17, 15) is 0 Å². The monoisotopic (exact) mass is 261 g/mol. The fourth-order valence-corrected chi connectivity index (χ4v) is 2.68. The average Bonchev–Trinajstić information content (AvgIpc) is 2.89. The molecule has 1 saturated heterocycles. The molecule has 0 radical (unpaired) electrons. The summed E-state index contributed by atoms with van der Waals surface area (Å²) in [6.07, 6.45) is 2.25. The van der Waals surface area contributed by atoms with Gasteiger partial charge < -0.3 is 10.1 Å². The van der Waals surface area contributed by atoms with Crippen LogP contribution in [0.1, 0.15) is 12.8 Å². The summed E-state index contributed by atoms with van der Waals surface area (Å²) < 4.78 is 9.82. The van der Waals surface area contributed by atoms with Crippen molar-refractivity contribution >= 4 is 16.7 Å². The van der Waals surface area contributed by atoms with E-state index in [4.69, 9.17) is 4.74 Å². The minimum absolute atomic E-state index is 0.371. The van der Waals surface area contributed by atoms with Gasteiger partial charge in [-0.2, -0.15) is 9.36 Å². The number of nitrogens with one attached hydrogen (secondary N) is 1. The fourth-order valence-electron chi connectivity index (χ4n) is 2.02. The zero-order valence-corrected chi connectivity index (χ0v) is 10.8. The standard InChI is InChI=1S/C13H15N3OS/c1-2-5-10(6-3-1)12-15-13(18-16-12)14-11-7-4-8-17-9-11/h1-3,5-6,11H,4,7-9H2,(H,14,15,16). The van der Waals surface area contributed by atoms with Crippen molar-refractivity contribution in [3.8, 4) is 11.4 Å². The molecule has 18 heavy (non-hydrogen) atoms. The molecule has 1 unspecified atom stereocenters. The SMILES string of the molecule is c1ccc(-c2nsc(NC3CCCOC3)n2)cc1. The van der Waals surface area contributed by atoms with Crippen LogP contribution in [0.4, 0.5) is 5.13 Å². The van der Waals surface area contributed by atoms with Crippen molar-refractivity contribution in [1.29, 1.82) is 0 Å². The van der Waals surface area contributed by atoms with E-state index in [2.05, 4.69) is 14.7 Å². The number of ether oxygens (including phenoxy) is 1. The Morgan fingerprint density at radius 1 is 1.28 bits per heavy atom. The first-order valence-electron chi connectivity index (χ1n) is 6.15. The lowest BCUT2D eigenvalue weighted by molar-refractivity contribution is 0.0876. The Hall–Kier alpha value is -1.46. The number of hydrogen-bond donors (Lipinski definition) is 1. The Morgan fingerprint density at radius 3 is 2.94 bits per heavy atom. The van der Waals surface area contributed by atoms with Crippen LogP contribution in [0.3, 0.4) is 0 Å². The lowest BCUT2D eigenvalue weighted by atomic mass is 10.1. The molecule has 0 bridgehead atoms. The summed E-state index contributed by atoms with van der Waals surface area (Å²) in [5.74, 6) is 0.792. The van der Waals surface area contributed by atoms with E-state index in [1.807, 2.05) is 30.3 Å². The van der Waals surface area contributed by atoms with Crippen molar-refractivity contribution in [2.75, 3.05) is 18.5 Å². The third-order valence-corrected chi connectivity index (χ3v) is 3.59. The maximum Gasteiger partial charge on any atom is 0.203 e. The summed E-state index contributed by atoms with van der Waals surface area (Å²) in [5, 5.41) is 4.27. The summed E-state index contributed by atoms with van der Waals surface area (Å²) >= 11 is 1.41. The summed E-state index contributed by atoms with van der Waals surface area (Å²) in [4.78, 5) is 4.52. The third-order valence-electron chi connectivity index (χ3n) is 2.95. The first-order chi connectivity index (χ1) is 8.92. The molecule has 4 nitrogen and oxygen atoms in total. The number of anilines is 1. The molecule has 1 aromatic heterocycles. The first kappa shape index (κ1) is 11.6. The lowest BCUT2D eigenvalue weighted by Crippen LogP contribution is -2.29. The van der Waals surface area contributed by atoms with Crippen LogP contribution < -0.4 is 5.32 Å². The molecule has 1 aromatic carbocycles. The Bertz CT molecular complexity index is 494.